The molecule has 1 N–H and O–H groups in total. The smallest absolute Gasteiger partial charge is 0.333 e. The van der Waals surface area contributed by atoms with Gasteiger partial charge in [0.2, 0.25) is 0 Å². The maximum Gasteiger partial charge on any atom is 0.333 e. The van der Waals surface area contributed by atoms with Crippen molar-refractivity contribution in [3.05, 3.63) is 42.5 Å². The molecular weight excluding hydrogens is 232 g/mol. The first-order valence-electron chi connectivity index (χ1n) is 5.84. The summed E-state index contributed by atoms with van der Waals surface area (Å²) in [6.07, 6.45) is -0.631. The van der Waals surface area contributed by atoms with Crippen molar-refractivity contribution >= 4 is 5.97 Å². The molecule has 0 aliphatic heterocycles. The lowest BCUT2D eigenvalue weighted by Gasteiger charge is -2.13. The molecule has 0 radical (unpaired) electrons. The summed E-state index contributed by atoms with van der Waals surface area (Å²) in [6, 6.07) is 9.17. The molecule has 1 aromatic carbocycles. The zero-order valence-electron chi connectivity index (χ0n) is 10.5. The van der Waals surface area contributed by atoms with Crippen LogP contribution in [0.3, 0.4) is 0 Å². The summed E-state index contributed by atoms with van der Waals surface area (Å²) in [5, 5.41) is 9.70. The third kappa shape index (κ3) is 5.01. The summed E-state index contributed by atoms with van der Waals surface area (Å²) in [6.45, 7) is 5.71. The van der Waals surface area contributed by atoms with Crippen LogP contribution in [0.1, 0.15) is 13.3 Å². The number of carbonyl (C=O) groups excluding carboxylic acids is 1. The number of ether oxygens (including phenoxy) is 2. The summed E-state index contributed by atoms with van der Waals surface area (Å²) in [5.74, 6) is 0.203. The Hall–Kier alpha value is -1.81. The number of rotatable bonds is 7. The maximum atomic E-state index is 11.3. The van der Waals surface area contributed by atoms with Crippen LogP contribution in [0.4, 0.5) is 0 Å². The van der Waals surface area contributed by atoms with E-state index >= 15 is 0 Å². The van der Waals surface area contributed by atoms with Crippen molar-refractivity contribution < 1.29 is 19.4 Å². The lowest BCUT2D eigenvalue weighted by molar-refractivity contribution is -0.138. The fourth-order valence-corrected chi connectivity index (χ4v) is 1.37. The van der Waals surface area contributed by atoms with Gasteiger partial charge in [-0.25, -0.2) is 4.79 Å². The Kier molecular flexibility index (Phi) is 5.94. The molecule has 18 heavy (non-hydrogen) atoms. The van der Waals surface area contributed by atoms with E-state index in [0.29, 0.717) is 12.4 Å². The fraction of sp³-hybridized carbons (Fsp3) is 0.357. The Balaban J connectivity index is 2.31. The second-order valence-electron chi connectivity index (χ2n) is 3.81. The Morgan fingerprint density at radius 2 is 2.06 bits per heavy atom. The van der Waals surface area contributed by atoms with E-state index in [2.05, 4.69) is 6.58 Å². The Labute approximate surface area is 107 Å². The highest BCUT2D eigenvalue weighted by Crippen LogP contribution is 2.11. The Bertz CT molecular complexity index is 386. The van der Waals surface area contributed by atoms with Crippen molar-refractivity contribution in [2.45, 2.75) is 19.4 Å². The second-order valence-corrected chi connectivity index (χ2v) is 3.81. The number of benzene rings is 1. The average Bonchev–Trinajstić information content (AvgIpc) is 2.38. The lowest BCUT2D eigenvalue weighted by atomic mass is 10.1. The average molecular weight is 250 g/mol. The van der Waals surface area contributed by atoms with Crippen molar-refractivity contribution in [2.75, 3.05) is 13.2 Å². The highest BCUT2D eigenvalue weighted by atomic mass is 16.5. The first-order chi connectivity index (χ1) is 8.63. The predicted molar refractivity (Wildman–Crippen MR) is 68.3 cm³/mol. The monoisotopic (exact) mass is 250 g/mol. The molecule has 0 heterocycles. The number of hydrogen-bond donors (Lipinski definition) is 1. The van der Waals surface area contributed by atoms with E-state index in [1.807, 2.05) is 18.2 Å². The Morgan fingerprint density at radius 3 is 2.67 bits per heavy atom. The quantitative estimate of drug-likeness (QED) is 0.593. The number of carbonyl (C=O) groups is 1. The SMILES string of the molecule is C=C(C[C@@H](O)COc1ccccc1)C(=O)OCC. The van der Waals surface area contributed by atoms with Gasteiger partial charge in [-0.15, -0.1) is 0 Å². The molecule has 1 rings (SSSR count). The van der Waals surface area contributed by atoms with Crippen LogP contribution < -0.4 is 4.74 Å². The van der Waals surface area contributed by atoms with E-state index in [-0.39, 0.29) is 18.6 Å². The molecule has 0 unspecified atom stereocenters. The largest absolute Gasteiger partial charge is 0.491 e. The van der Waals surface area contributed by atoms with Crippen molar-refractivity contribution in [2.24, 2.45) is 0 Å². The van der Waals surface area contributed by atoms with Gasteiger partial charge in [-0.05, 0) is 19.1 Å². The van der Waals surface area contributed by atoms with Crippen LogP contribution in [0.25, 0.3) is 0 Å². The molecule has 0 saturated heterocycles. The molecule has 0 saturated carbocycles. The number of aliphatic hydroxyl groups excluding tert-OH is 1. The minimum atomic E-state index is -0.776. The van der Waals surface area contributed by atoms with E-state index in [1.54, 1.807) is 19.1 Å². The minimum absolute atomic E-state index is 0.114. The van der Waals surface area contributed by atoms with Crippen LogP contribution in [0, 0.1) is 0 Å². The minimum Gasteiger partial charge on any atom is -0.491 e. The summed E-state index contributed by atoms with van der Waals surface area (Å²) >= 11 is 0. The standard InChI is InChI=1S/C14H18O4/c1-3-17-14(16)11(2)9-12(15)10-18-13-7-5-4-6-8-13/h4-8,12,15H,2-3,9-10H2,1H3/t12-/m1/s1. The van der Waals surface area contributed by atoms with Crippen molar-refractivity contribution in [3.63, 3.8) is 0 Å². The fourth-order valence-electron chi connectivity index (χ4n) is 1.37. The third-order valence-electron chi connectivity index (χ3n) is 2.23. The van der Waals surface area contributed by atoms with Gasteiger partial charge >= 0.3 is 5.97 Å². The zero-order chi connectivity index (χ0) is 13.4. The summed E-state index contributed by atoms with van der Waals surface area (Å²) in [5.41, 5.74) is 0.251. The molecule has 0 spiro atoms. The van der Waals surface area contributed by atoms with Gasteiger partial charge in [0.25, 0.3) is 0 Å². The van der Waals surface area contributed by atoms with Gasteiger partial charge in [0.05, 0.1) is 12.7 Å². The van der Waals surface area contributed by atoms with Gasteiger partial charge in [0.1, 0.15) is 12.4 Å². The Morgan fingerprint density at radius 1 is 1.39 bits per heavy atom. The van der Waals surface area contributed by atoms with Gasteiger partial charge in [0, 0.05) is 12.0 Å². The van der Waals surface area contributed by atoms with Crippen molar-refractivity contribution in [1.29, 1.82) is 0 Å². The molecule has 0 fully saturated rings. The van der Waals surface area contributed by atoms with Gasteiger partial charge in [-0.3, -0.25) is 0 Å². The van der Waals surface area contributed by atoms with Crippen molar-refractivity contribution in [1.82, 2.24) is 0 Å². The molecule has 0 amide bonds. The molecule has 1 aromatic rings. The van der Waals surface area contributed by atoms with Crippen LogP contribution >= 0.6 is 0 Å². The molecule has 4 nitrogen and oxygen atoms in total. The van der Waals surface area contributed by atoms with Gasteiger partial charge in [-0.2, -0.15) is 0 Å². The maximum absolute atomic E-state index is 11.3. The van der Waals surface area contributed by atoms with Crippen LogP contribution in [0.15, 0.2) is 42.5 Å². The number of esters is 1. The van der Waals surface area contributed by atoms with E-state index in [4.69, 9.17) is 9.47 Å². The topological polar surface area (TPSA) is 55.8 Å². The number of aliphatic hydroxyl groups is 1. The summed E-state index contributed by atoms with van der Waals surface area (Å²) in [4.78, 5) is 11.3. The molecule has 4 heteroatoms. The number of para-hydroxylation sites is 1. The highest BCUT2D eigenvalue weighted by Gasteiger charge is 2.14. The first kappa shape index (κ1) is 14.3. The van der Waals surface area contributed by atoms with E-state index in [9.17, 15) is 9.90 Å². The molecule has 1 atom stereocenters. The highest BCUT2D eigenvalue weighted by molar-refractivity contribution is 5.87. The summed E-state index contributed by atoms with van der Waals surface area (Å²) < 4.78 is 10.1. The molecule has 0 aromatic heterocycles. The normalized spacial score (nSPS) is 11.7. The lowest BCUT2D eigenvalue weighted by Crippen LogP contribution is -2.20. The molecule has 0 aliphatic rings. The van der Waals surface area contributed by atoms with Crippen LogP contribution in [0.5, 0.6) is 5.75 Å². The second kappa shape index (κ2) is 7.50. The van der Waals surface area contributed by atoms with E-state index < -0.39 is 12.1 Å². The molecule has 0 bridgehead atoms. The van der Waals surface area contributed by atoms with Crippen molar-refractivity contribution in [3.8, 4) is 5.75 Å². The van der Waals surface area contributed by atoms with Crippen LogP contribution in [0.2, 0.25) is 0 Å². The third-order valence-corrected chi connectivity index (χ3v) is 2.23. The van der Waals surface area contributed by atoms with E-state index in [0.717, 1.165) is 0 Å². The van der Waals surface area contributed by atoms with E-state index in [1.165, 1.54) is 0 Å². The van der Waals surface area contributed by atoms with Gasteiger partial charge in [0.15, 0.2) is 0 Å². The van der Waals surface area contributed by atoms with Gasteiger partial charge in [-0.1, -0.05) is 24.8 Å². The van der Waals surface area contributed by atoms with Crippen LogP contribution in [-0.2, 0) is 9.53 Å². The zero-order valence-corrected chi connectivity index (χ0v) is 10.5. The molecule has 98 valence electrons. The van der Waals surface area contributed by atoms with Gasteiger partial charge < -0.3 is 14.6 Å². The molecular formula is C14H18O4. The first-order valence-corrected chi connectivity index (χ1v) is 5.84. The molecule has 0 aliphatic carbocycles. The number of hydrogen-bond acceptors (Lipinski definition) is 4. The summed E-state index contributed by atoms with van der Waals surface area (Å²) in [7, 11) is 0. The predicted octanol–water partition coefficient (Wildman–Crippen LogP) is 1.94. The van der Waals surface area contributed by atoms with Crippen LogP contribution in [-0.4, -0.2) is 30.4 Å².